The van der Waals surface area contributed by atoms with Gasteiger partial charge in [-0.15, -0.1) is 5.10 Å². The van der Waals surface area contributed by atoms with E-state index in [9.17, 15) is 0 Å². The first-order valence-electron chi connectivity index (χ1n) is 16.2. The van der Waals surface area contributed by atoms with Crippen molar-refractivity contribution in [3.05, 3.63) is 164 Å². The molecule has 0 aliphatic heterocycles. The van der Waals surface area contributed by atoms with E-state index in [2.05, 4.69) is 134 Å². The molecule has 0 radical (unpaired) electrons. The molecule has 10 rings (SSSR count). The van der Waals surface area contributed by atoms with Crippen molar-refractivity contribution in [2.45, 2.75) is 0 Å². The summed E-state index contributed by atoms with van der Waals surface area (Å²) >= 11 is 0. The maximum Gasteiger partial charge on any atom is 0.183 e. The summed E-state index contributed by atoms with van der Waals surface area (Å²) in [6.07, 6.45) is 7.16. The smallest absolute Gasteiger partial charge is 0.183 e. The second-order valence-corrected chi connectivity index (χ2v) is 12.1. The number of aromatic nitrogens is 7. The maximum absolute atomic E-state index is 5.13. The van der Waals surface area contributed by atoms with Crippen molar-refractivity contribution in [2.75, 3.05) is 0 Å². The van der Waals surface area contributed by atoms with Crippen LogP contribution >= 0.6 is 0 Å². The number of fused-ring (bicyclic) bond motifs is 6. The fourth-order valence-electron chi connectivity index (χ4n) is 7.19. The Morgan fingerprint density at radius 3 is 1.65 bits per heavy atom. The number of hydrogen-bond donors (Lipinski definition) is 0. The third-order valence-corrected chi connectivity index (χ3v) is 9.27. The van der Waals surface area contributed by atoms with Crippen LogP contribution in [0.5, 0.6) is 0 Å². The third kappa shape index (κ3) is 4.22. The molecule has 0 bridgehead atoms. The fourth-order valence-corrected chi connectivity index (χ4v) is 7.19. The molecule has 0 atom stereocenters. The molecule has 7 heteroatoms. The Labute approximate surface area is 281 Å². The summed E-state index contributed by atoms with van der Waals surface area (Å²) in [5.74, 6) is 1.30. The number of benzene rings is 5. The predicted octanol–water partition coefficient (Wildman–Crippen LogP) is 9.59. The van der Waals surface area contributed by atoms with E-state index in [4.69, 9.17) is 10.1 Å². The second-order valence-electron chi connectivity index (χ2n) is 12.1. The molecular weight excluding hydrogens is 603 g/mol. The number of rotatable bonds is 5. The minimum Gasteiger partial charge on any atom is -0.309 e. The molecule has 230 valence electrons. The average Bonchev–Trinajstić information content (AvgIpc) is 3.87. The molecule has 0 aliphatic rings. The highest BCUT2D eigenvalue weighted by molar-refractivity contribution is 6.12. The van der Waals surface area contributed by atoms with Gasteiger partial charge in [-0.2, -0.15) is 0 Å². The minimum absolute atomic E-state index is 0.597. The van der Waals surface area contributed by atoms with Crippen LogP contribution in [0, 0.1) is 0 Å². The van der Waals surface area contributed by atoms with Crippen molar-refractivity contribution in [2.24, 2.45) is 0 Å². The number of para-hydroxylation sites is 4. The van der Waals surface area contributed by atoms with E-state index in [1.54, 1.807) is 18.6 Å². The van der Waals surface area contributed by atoms with Crippen molar-refractivity contribution >= 4 is 43.6 Å². The summed E-state index contributed by atoms with van der Waals surface area (Å²) in [4.78, 5) is 13.8. The van der Waals surface area contributed by atoms with Crippen molar-refractivity contribution < 1.29 is 0 Å². The zero-order chi connectivity index (χ0) is 32.3. The highest BCUT2D eigenvalue weighted by Gasteiger charge is 2.22. The van der Waals surface area contributed by atoms with E-state index in [0.29, 0.717) is 11.6 Å². The molecule has 49 heavy (non-hydrogen) atoms. The van der Waals surface area contributed by atoms with Crippen LogP contribution in [0.4, 0.5) is 0 Å². The molecule has 0 saturated heterocycles. The zero-order valence-corrected chi connectivity index (χ0v) is 26.2. The molecule has 0 fully saturated rings. The molecule has 0 saturated carbocycles. The SMILES string of the molecule is c1cncc(-c2nc(-c3cccnc3)n(-c3cccc4c5ccccc5n(-c5cccc(-n6c7ccccc7c7ccccc76)c5)c34)n2)c1. The van der Waals surface area contributed by atoms with Gasteiger partial charge in [0, 0.05) is 68.8 Å². The number of nitrogens with zero attached hydrogens (tertiary/aromatic N) is 7. The lowest BCUT2D eigenvalue weighted by Gasteiger charge is -2.15. The second kappa shape index (κ2) is 10.9. The molecular formula is C42H27N7. The number of pyridine rings is 2. The van der Waals surface area contributed by atoms with Crippen LogP contribution in [0.25, 0.3) is 83.4 Å². The highest BCUT2D eigenvalue weighted by atomic mass is 15.4. The summed E-state index contributed by atoms with van der Waals surface area (Å²) in [5, 5.41) is 9.90. The fraction of sp³-hybridized carbons (Fsp3) is 0. The highest BCUT2D eigenvalue weighted by Crippen LogP contribution is 2.38. The van der Waals surface area contributed by atoms with Crippen LogP contribution in [0.15, 0.2) is 164 Å². The van der Waals surface area contributed by atoms with E-state index in [1.807, 2.05) is 35.1 Å². The molecule has 5 heterocycles. The molecule has 5 aromatic heterocycles. The van der Waals surface area contributed by atoms with Gasteiger partial charge in [0.2, 0.25) is 0 Å². The summed E-state index contributed by atoms with van der Waals surface area (Å²) in [6.45, 7) is 0. The first-order valence-corrected chi connectivity index (χ1v) is 16.2. The lowest BCUT2D eigenvalue weighted by molar-refractivity contribution is 0.891. The van der Waals surface area contributed by atoms with E-state index in [0.717, 1.165) is 50.0 Å². The Balaban J connectivity index is 1.26. The third-order valence-electron chi connectivity index (χ3n) is 9.27. The largest absolute Gasteiger partial charge is 0.309 e. The van der Waals surface area contributed by atoms with Crippen molar-refractivity contribution in [3.63, 3.8) is 0 Å². The molecule has 7 nitrogen and oxygen atoms in total. The van der Waals surface area contributed by atoms with Gasteiger partial charge in [0.25, 0.3) is 0 Å². The molecule has 5 aromatic carbocycles. The molecule has 0 N–H and O–H groups in total. The van der Waals surface area contributed by atoms with Gasteiger partial charge in [-0.3, -0.25) is 9.97 Å². The Bertz CT molecular complexity index is 2770. The van der Waals surface area contributed by atoms with Gasteiger partial charge in [-0.1, -0.05) is 72.8 Å². The first kappa shape index (κ1) is 27.3. The summed E-state index contributed by atoms with van der Waals surface area (Å²) in [5.41, 5.74) is 9.28. The van der Waals surface area contributed by atoms with E-state index < -0.39 is 0 Å². The molecule has 0 spiro atoms. The normalized spacial score (nSPS) is 11.7. The summed E-state index contributed by atoms with van der Waals surface area (Å²) < 4.78 is 6.67. The van der Waals surface area contributed by atoms with Crippen molar-refractivity contribution in [1.29, 1.82) is 0 Å². The minimum atomic E-state index is 0.597. The van der Waals surface area contributed by atoms with Gasteiger partial charge in [0.1, 0.15) is 0 Å². The molecule has 0 aliphatic carbocycles. The van der Waals surface area contributed by atoms with Crippen LogP contribution < -0.4 is 0 Å². The average molecular weight is 630 g/mol. The van der Waals surface area contributed by atoms with Gasteiger partial charge in [0.05, 0.1) is 27.8 Å². The van der Waals surface area contributed by atoms with E-state index in [1.165, 1.54) is 21.8 Å². The van der Waals surface area contributed by atoms with Gasteiger partial charge >= 0.3 is 0 Å². The van der Waals surface area contributed by atoms with Gasteiger partial charge < -0.3 is 9.13 Å². The molecule has 0 unspecified atom stereocenters. The Morgan fingerprint density at radius 2 is 1.00 bits per heavy atom. The monoisotopic (exact) mass is 629 g/mol. The van der Waals surface area contributed by atoms with Gasteiger partial charge in [-0.05, 0) is 66.7 Å². The lowest BCUT2D eigenvalue weighted by Crippen LogP contribution is -2.04. The van der Waals surface area contributed by atoms with Crippen molar-refractivity contribution in [3.8, 4) is 39.8 Å². The summed E-state index contributed by atoms with van der Waals surface area (Å²) in [7, 11) is 0. The Hall–Kier alpha value is -6.86. The first-order chi connectivity index (χ1) is 24.3. The quantitative estimate of drug-likeness (QED) is 0.190. The Kier molecular flexibility index (Phi) is 6.04. The van der Waals surface area contributed by atoms with Crippen LogP contribution in [0.3, 0.4) is 0 Å². The van der Waals surface area contributed by atoms with E-state index in [-0.39, 0.29) is 0 Å². The van der Waals surface area contributed by atoms with Crippen LogP contribution in [0.1, 0.15) is 0 Å². The Morgan fingerprint density at radius 1 is 0.449 bits per heavy atom. The van der Waals surface area contributed by atoms with Crippen LogP contribution in [0.2, 0.25) is 0 Å². The molecule has 0 amide bonds. The standard InChI is InChI=1S/C42H27N7/c1-4-19-36-32(15-1)33-16-2-5-20-37(33)47(36)30-13-7-14-31(25-30)48-38-21-6-3-17-34(38)35-18-8-22-39(40(35)48)49-42(29-12-10-24-44-27-29)45-41(46-49)28-11-9-23-43-26-28/h1-27H. The van der Waals surface area contributed by atoms with Crippen LogP contribution in [-0.4, -0.2) is 33.9 Å². The lowest BCUT2D eigenvalue weighted by atomic mass is 10.1. The van der Waals surface area contributed by atoms with Gasteiger partial charge in [-0.25, -0.2) is 9.67 Å². The predicted molar refractivity (Wildman–Crippen MR) is 196 cm³/mol. The summed E-state index contributed by atoms with van der Waals surface area (Å²) in [6, 6.07) is 48.9. The topological polar surface area (TPSA) is 66.3 Å². The molecule has 10 aromatic rings. The van der Waals surface area contributed by atoms with E-state index >= 15 is 0 Å². The van der Waals surface area contributed by atoms with Gasteiger partial charge in [0.15, 0.2) is 11.6 Å². The maximum atomic E-state index is 5.13. The number of hydrogen-bond acceptors (Lipinski definition) is 4. The van der Waals surface area contributed by atoms with Crippen molar-refractivity contribution in [1.82, 2.24) is 33.9 Å². The zero-order valence-electron chi connectivity index (χ0n) is 26.2. The van der Waals surface area contributed by atoms with Crippen LogP contribution in [-0.2, 0) is 0 Å².